The van der Waals surface area contributed by atoms with Crippen molar-refractivity contribution in [1.82, 2.24) is 4.98 Å². The molecule has 2 heterocycles. The largest absolute Gasteiger partial charge is 0.383 e. The SMILES string of the molecule is CC1SCCSC1C(=O)Cc1cccnc1N. The Labute approximate surface area is 110 Å². The van der Waals surface area contributed by atoms with Crippen molar-refractivity contribution in [3.8, 4) is 0 Å². The van der Waals surface area contributed by atoms with Crippen LogP contribution in [0.1, 0.15) is 12.5 Å². The van der Waals surface area contributed by atoms with E-state index in [2.05, 4.69) is 11.9 Å². The van der Waals surface area contributed by atoms with Gasteiger partial charge in [-0.25, -0.2) is 4.98 Å². The summed E-state index contributed by atoms with van der Waals surface area (Å²) in [5, 5.41) is 0.507. The second-order valence-electron chi connectivity index (χ2n) is 4.06. The molecule has 92 valence electrons. The first-order valence-electron chi connectivity index (χ1n) is 5.64. The van der Waals surface area contributed by atoms with Crippen molar-refractivity contribution < 1.29 is 4.79 Å². The van der Waals surface area contributed by atoms with E-state index in [1.807, 2.05) is 23.9 Å². The number of hydrogen-bond acceptors (Lipinski definition) is 5. The Balaban J connectivity index is 2.03. The van der Waals surface area contributed by atoms with Crippen LogP contribution in [0.25, 0.3) is 0 Å². The number of pyridine rings is 1. The summed E-state index contributed by atoms with van der Waals surface area (Å²) in [7, 11) is 0. The highest BCUT2D eigenvalue weighted by Crippen LogP contribution is 2.32. The van der Waals surface area contributed by atoms with E-state index in [9.17, 15) is 4.79 Å². The number of Topliss-reactive ketones (excluding diaryl/α,β-unsaturated/α-hetero) is 1. The maximum Gasteiger partial charge on any atom is 0.151 e. The standard InChI is InChI=1S/C12H16N2OS2/c1-8-11(17-6-5-16-8)10(15)7-9-3-2-4-14-12(9)13/h2-4,8,11H,5-7H2,1H3,(H2,13,14). The Morgan fingerprint density at radius 1 is 1.53 bits per heavy atom. The van der Waals surface area contributed by atoms with Gasteiger partial charge in [-0.05, 0) is 6.07 Å². The Morgan fingerprint density at radius 3 is 3.00 bits per heavy atom. The van der Waals surface area contributed by atoms with Crippen molar-refractivity contribution in [3.63, 3.8) is 0 Å². The van der Waals surface area contributed by atoms with Crippen molar-refractivity contribution in [2.24, 2.45) is 0 Å². The van der Waals surface area contributed by atoms with Gasteiger partial charge in [0, 0.05) is 34.9 Å². The lowest BCUT2D eigenvalue weighted by Crippen LogP contribution is -2.32. The quantitative estimate of drug-likeness (QED) is 0.909. The zero-order valence-corrected chi connectivity index (χ0v) is 11.4. The lowest BCUT2D eigenvalue weighted by atomic mass is 10.1. The highest BCUT2D eigenvalue weighted by molar-refractivity contribution is 8.07. The van der Waals surface area contributed by atoms with E-state index in [1.54, 1.807) is 18.0 Å². The summed E-state index contributed by atoms with van der Waals surface area (Å²) in [5.41, 5.74) is 6.61. The molecule has 1 aliphatic rings. The topological polar surface area (TPSA) is 56.0 Å². The van der Waals surface area contributed by atoms with Gasteiger partial charge in [0.15, 0.2) is 5.78 Å². The highest BCUT2D eigenvalue weighted by Gasteiger charge is 2.29. The van der Waals surface area contributed by atoms with Crippen LogP contribution in [0.15, 0.2) is 18.3 Å². The number of nitrogens with two attached hydrogens (primary N) is 1. The summed E-state index contributed by atoms with van der Waals surface area (Å²) < 4.78 is 0. The lowest BCUT2D eigenvalue weighted by molar-refractivity contribution is -0.117. The van der Waals surface area contributed by atoms with Crippen LogP contribution in [-0.2, 0) is 11.2 Å². The second kappa shape index (κ2) is 5.78. The molecule has 0 amide bonds. The average molecular weight is 268 g/mol. The smallest absolute Gasteiger partial charge is 0.151 e. The average Bonchev–Trinajstić information content (AvgIpc) is 2.32. The molecule has 2 rings (SSSR count). The Hall–Kier alpha value is -0.680. The van der Waals surface area contributed by atoms with E-state index in [0.717, 1.165) is 17.1 Å². The fraction of sp³-hybridized carbons (Fsp3) is 0.500. The molecule has 5 heteroatoms. The zero-order chi connectivity index (χ0) is 12.3. The predicted octanol–water partition coefficient (Wildman–Crippen LogP) is 2.01. The molecule has 3 nitrogen and oxygen atoms in total. The molecule has 0 spiro atoms. The van der Waals surface area contributed by atoms with Crippen molar-refractivity contribution >= 4 is 35.1 Å². The summed E-state index contributed by atoms with van der Waals surface area (Å²) in [4.78, 5) is 16.2. The van der Waals surface area contributed by atoms with Crippen LogP contribution >= 0.6 is 23.5 Å². The van der Waals surface area contributed by atoms with Crippen LogP contribution in [0.2, 0.25) is 0 Å². The summed E-state index contributed by atoms with van der Waals surface area (Å²) >= 11 is 3.65. The second-order valence-corrected chi connectivity index (χ2v) is 6.79. The van der Waals surface area contributed by atoms with E-state index >= 15 is 0 Å². The van der Waals surface area contributed by atoms with Gasteiger partial charge in [0.1, 0.15) is 5.82 Å². The number of anilines is 1. The van der Waals surface area contributed by atoms with Crippen molar-refractivity contribution in [2.45, 2.75) is 23.8 Å². The maximum atomic E-state index is 12.2. The van der Waals surface area contributed by atoms with Crippen molar-refractivity contribution in [2.75, 3.05) is 17.2 Å². The van der Waals surface area contributed by atoms with Crippen LogP contribution < -0.4 is 5.73 Å². The Kier molecular flexibility index (Phi) is 4.34. The van der Waals surface area contributed by atoms with Crippen LogP contribution in [0.4, 0.5) is 5.82 Å². The van der Waals surface area contributed by atoms with Crippen LogP contribution in [0.5, 0.6) is 0 Å². The number of nitrogens with zero attached hydrogens (tertiary/aromatic N) is 1. The number of carbonyl (C=O) groups excluding carboxylic acids is 1. The van der Waals surface area contributed by atoms with E-state index in [4.69, 9.17) is 5.73 Å². The number of aromatic nitrogens is 1. The monoisotopic (exact) mass is 268 g/mol. The molecule has 17 heavy (non-hydrogen) atoms. The van der Waals surface area contributed by atoms with Gasteiger partial charge in [0.25, 0.3) is 0 Å². The van der Waals surface area contributed by atoms with Gasteiger partial charge in [-0.3, -0.25) is 4.79 Å². The number of hydrogen-bond donors (Lipinski definition) is 1. The number of nitrogen functional groups attached to an aromatic ring is 1. The highest BCUT2D eigenvalue weighted by atomic mass is 32.2. The van der Waals surface area contributed by atoms with Crippen LogP contribution in [-0.4, -0.2) is 32.8 Å². The van der Waals surface area contributed by atoms with Gasteiger partial charge in [0.2, 0.25) is 0 Å². The lowest BCUT2D eigenvalue weighted by Gasteiger charge is -2.26. The molecule has 0 aromatic carbocycles. The Morgan fingerprint density at radius 2 is 2.29 bits per heavy atom. The molecule has 0 saturated carbocycles. The third-order valence-electron chi connectivity index (χ3n) is 2.80. The zero-order valence-electron chi connectivity index (χ0n) is 9.76. The van der Waals surface area contributed by atoms with Gasteiger partial charge in [-0.15, -0.1) is 11.8 Å². The molecule has 2 unspecified atom stereocenters. The fourth-order valence-corrected chi connectivity index (χ4v) is 4.61. The molecule has 2 atom stereocenters. The molecule has 1 fully saturated rings. The molecular formula is C12H16N2OS2. The molecular weight excluding hydrogens is 252 g/mol. The van der Waals surface area contributed by atoms with Crippen LogP contribution in [0, 0.1) is 0 Å². The molecule has 1 aromatic heterocycles. The van der Waals surface area contributed by atoms with E-state index in [1.165, 1.54) is 0 Å². The minimum atomic E-state index is 0.105. The minimum Gasteiger partial charge on any atom is -0.383 e. The first-order valence-corrected chi connectivity index (χ1v) is 7.73. The van der Waals surface area contributed by atoms with E-state index < -0.39 is 0 Å². The number of rotatable bonds is 3. The van der Waals surface area contributed by atoms with Gasteiger partial charge in [-0.1, -0.05) is 13.0 Å². The predicted molar refractivity (Wildman–Crippen MR) is 75.5 cm³/mol. The fourth-order valence-electron chi connectivity index (χ4n) is 1.88. The summed E-state index contributed by atoms with van der Waals surface area (Å²) in [6.07, 6.45) is 2.05. The number of thioether (sulfide) groups is 2. The van der Waals surface area contributed by atoms with Gasteiger partial charge >= 0.3 is 0 Å². The molecule has 1 saturated heterocycles. The molecule has 1 aromatic rings. The first-order chi connectivity index (χ1) is 8.18. The number of carbonyl (C=O) groups is 1. The van der Waals surface area contributed by atoms with Crippen molar-refractivity contribution in [1.29, 1.82) is 0 Å². The third kappa shape index (κ3) is 3.16. The summed E-state index contributed by atoms with van der Waals surface area (Å²) in [6, 6.07) is 3.71. The van der Waals surface area contributed by atoms with E-state index in [-0.39, 0.29) is 11.0 Å². The molecule has 0 radical (unpaired) electrons. The first kappa shape index (κ1) is 12.8. The summed E-state index contributed by atoms with van der Waals surface area (Å²) in [5.74, 6) is 2.95. The van der Waals surface area contributed by atoms with Gasteiger partial charge in [-0.2, -0.15) is 11.8 Å². The molecule has 2 N–H and O–H groups in total. The van der Waals surface area contributed by atoms with Crippen molar-refractivity contribution in [3.05, 3.63) is 23.9 Å². The summed E-state index contributed by atoms with van der Waals surface area (Å²) in [6.45, 7) is 2.13. The van der Waals surface area contributed by atoms with Gasteiger partial charge in [0.05, 0.1) is 5.25 Å². The molecule has 0 bridgehead atoms. The maximum absolute atomic E-state index is 12.2. The van der Waals surface area contributed by atoms with Gasteiger partial charge < -0.3 is 5.73 Å². The van der Waals surface area contributed by atoms with E-state index in [0.29, 0.717) is 17.5 Å². The molecule has 1 aliphatic heterocycles. The van der Waals surface area contributed by atoms with Crippen LogP contribution in [0.3, 0.4) is 0 Å². The minimum absolute atomic E-state index is 0.105. The molecule has 0 aliphatic carbocycles. The Bertz CT molecular complexity index is 411. The number of ketones is 1. The normalized spacial score (nSPS) is 24.5. The third-order valence-corrected chi connectivity index (χ3v) is 5.93.